The molecule has 0 aromatic carbocycles. The van der Waals surface area contributed by atoms with Crippen LogP contribution in [0.25, 0.3) is 0 Å². The van der Waals surface area contributed by atoms with Crippen molar-refractivity contribution < 1.29 is 27.5 Å². The van der Waals surface area contributed by atoms with Gasteiger partial charge in [0, 0.05) is 0 Å². The standard InChI is InChI=1S/C7H6F3NO3/c1-2-4(3-5(11)12)14-6(13)7(8,9)10/h1,4H,3H2,(H2,11,12). The van der Waals surface area contributed by atoms with Gasteiger partial charge in [0.15, 0.2) is 6.10 Å². The zero-order valence-electron chi connectivity index (χ0n) is 6.80. The largest absolute Gasteiger partial charge is 0.490 e. The minimum atomic E-state index is -5.13. The van der Waals surface area contributed by atoms with Gasteiger partial charge in [-0.05, 0) is 0 Å². The minimum absolute atomic E-state index is 0.641. The second-order valence-electron chi connectivity index (χ2n) is 2.23. The smallest absolute Gasteiger partial charge is 0.442 e. The highest BCUT2D eigenvalue weighted by Crippen LogP contribution is 2.17. The van der Waals surface area contributed by atoms with Crippen LogP contribution in [0.15, 0.2) is 0 Å². The fourth-order valence-corrected chi connectivity index (χ4v) is 0.513. The molecule has 0 aliphatic carbocycles. The average Bonchev–Trinajstić information content (AvgIpc) is 2.00. The lowest BCUT2D eigenvalue weighted by Gasteiger charge is -2.11. The Morgan fingerprint density at radius 1 is 1.50 bits per heavy atom. The fraction of sp³-hybridized carbons (Fsp3) is 0.429. The van der Waals surface area contributed by atoms with Crippen molar-refractivity contribution in [3.63, 3.8) is 0 Å². The number of rotatable bonds is 3. The highest BCUT2D eigenvalue weighted by molar-refractivity contribution is 5.78. The van der Waals surface area contributed by atoms with Crippen molar-refractivity contribution in [2.45, 2.75) is 18.7 Å². The highest BCUT2D eigenvalue weighted by Gasteiger charge is 2.42. The Morgan fingerprint density at radius 3 is 2.29 bits per heavy atom. The molecule has 1 atom stereocenters. The third kappa shape index (κ3) is 4.35. The Hall–Kier alpha value is -1.71. The molecule has 1 unspecified atom stereocenters. The van der Waals surface area contributed by atoms with Crippen LogP contribution >= 0.6 is 0 Å². The Morgan fingerprint density at radius 2 is 2.00 bits per heavy atom. The van der Waals surface area contributed by atoms with Crippen molar-refractivity contribution in [2.24, 2.45) is 5.73 Å². The number of hydrogen-bond donors (Lipinski definition) is 1. The molecule has 14 heavy (non-hydrogen) atoms. The lowest BCUT2D eigenvalue weighted by atomic mass is 10.2. The van der Waals surface area contributed by atoms with Crippen LogP contribution in [0.2, 0.25) is 0 Å². The summed E-state index contributed by atoms with van der Waals surface area (Å²) in [6.45, 7) is 0. The first-order chi connectivity index (χ1) is 6.27. The van der Waals surface area contributed by atoms with Crippen LogP contribution in [0.3, 0.4) is 0 Å². The Balaban J connectivity index is 4.29. The van der Waals surface area contributed by atoms with E-state index in [1.807, 2.05) is 0 Å². The predicted molar refractivity (Wildman–Crippen MR) is 38.6 cm³/mol. The molecule has 0 rings (SSSR count). The number of ether oxygens (including phenoxy) is 1. The summed E-state index contributed by atoms with van der Waals surface area (Å²) >= 11 is 0. The minimum Gasteiger partial charge on any atom is -0.442 e. The van der Waals surface area contributed by atoms with E-state index in [1.165, 1.54) is 0 Å². The number of primary amides is 1. The van der Waals surface area contributed by atoms with Gasteiger partial charge in [0.2, 0.25) is 5.91 Å². The number of hydrogen-bond acceptors (Lipinski definition) is 3. The van der Waals surface area contributed by atoms with Crippen molar-refractivity contribution in [2.75, 3.05) is 0 Å². The van der Waals surface area contributed by atoms with E-state index in [1.54, 1.807) is 5.92 Å². The van der Waals surface area contributed by atoms with Gasteiger partial charge in [-0.25, -0.2) is 4.79 Å². The molecule has 0 heterocycles. The van der Waals surface area contributed by atoms with Gasteiger partial charge in [-0.3, -0.25) is 4.79 Å². The summed E-state index contributed by atoms with van der Waals surface area (Å²) in [4.78, 5) is 20.5. The fourth-order valence-electron chi connectivity index (χ4n) is 0.513. The number of carbonyl (C=O) groups is 2. The highest BCUT2D eigenvalue weighted by atomic mass is 19.4. The third-order valence-electron chi connectivity index (χ3n) is 1.05. The number of alkyl halides is 3. The number of carbonyl (C=O) groups excluding carboxylic acids is 2. The molecule has 0 bridgehead atoms. The van der Waals surface area contributed by atoms with Crippen LogP contribution in [0.5, 0.6) is 0 Å². The van der Waals surface area contributed by atoms with Crippen LogP contribution in [-0.2, 0) is 14.3 Å². The average molecular weight is 209 g/mol. The van der Waals surface area contributed by atoms with Gasteiger partial charge >= 0.3 is 12.1 Å². The van der Waals surface area contributed by atoms with Crippen LogP contribution in [0.4, 0.5) is 13.2 Å². The number of terminal acetylenes is 1. The van der Waals surface area contributed by atoms with Crippen molar-refractivity contribution in [1.82, 2.24) is 0 Å². The molecule has 0 aliphatic rings. The maximum absolute atomic E-state index is 11.6. The molecule has 2 N–H and O–H groups in total. The molecule has 0 fully saturated rings. The SMILES string of the molecule is C#CC(CC(N)=O)OC(=O)C(F)(F)F. The second kappa shape index (κ2) is 4.50. The zero-order chi connectivity index (χ0) is 11.4. The van der Waals surface area contributed by atoms with Gasteiger partial charge in [-0.1, -0.05) is 5.92 Å². The summed E-state index contributed by atoms with van der Waals surface area (Å²) in [7, 11) is 0. The lowest BCUT2D eigenvalue weighted by molar-refractivity contribution is -0.202. The van der Waals surface area contributed by atoms with E-state index in [4.69, 9.17) is 6.42 Å². The monoisotopic (exact) mass is 209 g/mol. The third-order valence-corrected chi connectivity index (χ3v) is 1.05. The Labute approximate surface area is 77.2 Å². The van der Waals surface area contributed by atoms with Gasteiger partial charge in [-0.15, -0.1) is 6.42 Å². The molecule has 0 aromatic rings. The van der Waals surface area contributed by atoms with Gasteiger partial charge in [0.05, 0.1) is 6.42 Å². The number of esters is 1. The normalized spacial score (nSPS) is 12.7. The van der Waals surface area contributed by atoms with Crippen molar-refractivity contribution in [3.8, 4) is 12.3 Å². The van der Waals surface area contributed by atoms with Crippen molar-refractivity contribution in [1.29, 1.82) is 0 Å². The van der Waals surface area contributed by atoms with E-state index in [0.29, 0.717) is 0 Å². The molecular weight excluding hydrogens is 203 g/mol. The molecule has 4 nitrogen and oxygen atoms in total. The van der Waals surface area contributed by atoms with E-state index in [9.17, 15) is 22.8 Å². The molecular formula is C7H6F3NO3. The van der Waals surface area contributed by atoms with E-state index in [-0.39, 0.29) is 0 Å². The lowest BCUT2D eigenvalue weighted by Crippen LogP contribution is -2.31. The molecule has 0 aliphatic heterocycles. The van der Waals surface area contributed by atoms with Crippen LogP contribution < -0.4 is 5.73 Å². The van der Waals surface area contributed by atoms with Crippen LogP contribution in [0, 0.1) is 12.3 Å². The maximum Gasteiger partial charge on any atom is 0.490 e. The Bertz CT molecular complexity index is 279. The zero-order valence-corrected chi connectivity index (χ0v) is 6.80. The number of amides is 1. The van der Waals surface area contributed by atoms with Crippen LogP contribution in [0.1, 0.15) is 6.42 Å². The first-order valence-electron chi connectivity index (χ1n) is 3.29. The van der Waals surface area contributed by atoms with Crippen molar-refractivity contribution >= 4 is 11.9 Å². The van der Waals surface area contributed by atoms with E-state index in [0.717, 1.165) is 0 Å². The van der Waals surface area contributed by atoms with E-state index >= 15 is 0 Å². The number of halogens is 3. The molecule has 0 aromatic heterocycles. The quantitative estimate of drug-likeness (QED) is 0.524. The molecule has 1 amide bonds. The first-order valence-corrected chi connectivity index (χ1v) is 3.29. The maximum atomic E-state index is 11.6. The molecule has 0 saturated carbocycles. The Kier molecular flexibility index (Phi) is 3.95. The summed E-state index contributed by atoms with van der Waals surface area (Å²) in [5, 5.41) is 0. The second-order valence-corrected chi connectivity index (χ2v) is 2.23. The molecule has 7 heteroatoms. The first kappa shape index (κ1) is 12.3. The van der Waals surface area contributed by atoms with Crippen LogP contribution in [-0.4, -0.2) is 24.2 Å². The predicted octanol–water partition coefficient (Wildman–Crippen LogP) is -0.0309. The summed E-state index contributed by atoms with van der Waals surface area (Å²) in [5.74, 6) is -1.71. The summed E-state index contributed by atoms with van der Waals surface area (Å²) in [6.07, 6.45) is -2.64. The summed E-state index contributed by atoms with van der Waals surface area (Å²) in [6, 6.07) is 0. The van der Waals surface area contributed by atoms with Crippen molar-refractivity contribution in [3.05, 3.63) is 0 Å². The van der Waals surface area contributed by atoms with Gasteiger partial charge in [0.25, 0.3) is 0 Å². The van der Waals surface area contributed by atoms with Gasteiger partial charge in [-0.2, -0.15) is 13.2 Å². The van der Waals surface area contributed by atoms with Gasteiger partial charge < -0.3 is 10.5 Å². The van der Waals surface area contributed by atoms with Gasteiger partial charge in [0.1, 0.15) is 0 Å². The number of nitrogens with two attached hydrogens (primary N) is 1. The summed E-state index contributed by atoms with van der Waals surface area (Å²) in [5.41, 5.74) is 4.65. The van der Waals surface area contributed by atoms with E-state index in [2.05, 4.69) is 10.5 Å². The van der Waals surface area contributed by atoms with E-state index < -0.39 is 30.6 Å². The molecule has 0 spiro atoms. The molecule has 78 valence electrons. The summed E-state index contributed by atoms with van der Waals surface area (Å²) < 4.78 is 38.6. The molecule has 0 radical (unpaired) electrons. The topological polar surface area (TPSA) is 69.4 Å². The molecule has 0 saturated heterocycles.